The van der Waals surface area contributed by atoms with Gasteiger partial charge in [-0.25, -0.2) is 4.79 Å². The number of alkyl halides is 3. The lowest BCUT2D eigenvalue weighted by atomic mass is 9.78. The molecule has 0 unspecified atom stereocenters. The van der Waals surface area contributed by atoms with Crippen LogP contribution >= 0.6 is 11.6 Å². The molecule has 4 rings (SSSR count). The Morgan fingerprint density at radius 3 is 2.35 bits per heavy atom. The van der Waals surface area contributed by atoms with Crippen LogP contribution in [-0.4, -0.2) is 57.7 Å². The SMILES string of the molecule is CC.NC(=O)c1ccn(C(=O)N2CCC3(CCN(Cc4cc(Cl)ccc4C(F)(F)F)C3)CC2)n1. The van der Waals surface area contributed by atoms with Crippen LogP contribution in [0.3, 0.4) is 0 Å². The zero-order valence-electron chi connectivity index (χ0n) is 19.2. The lowest BCUT2D eigenvalue weighted by molar-refractivity contribution is -0.138. The largest absolute Gasteiger partial charge is 0.416 e. The number of benzene rings is 1. The standard InChI is InChI=1S/C21H23ClF3N5O2.C2H6/c22-15-1-2-16(21(23,24)25)14(11-15)12-28-8-4-20(13-28)5-9-29(10-6-20)19(32)30-7-3-17(27-30)18(26)31;1-2/h1-3,7,11H,4-6,8-10,12-13H2,(H2,26,31);1-2H3. The van der Waals surface area contributed by atoms with E-state index in [1.54, 1.807) is 4.90 Å². The van der Waals surface area contributed by atoms with Crippen molar-refractivity contribution in [1.82, 2.24) is 19.6 Å². The van der Waals surface area contributed by atoms with Crippen LogP contribution < -0.4 is 5.73 Å². The molecule has 1 aromatic heterocycles. The number of amides is 2. The van der Waals surface area contributed by atoms with E-state index in [4.69, 9.17) is 17.3 Å². The van der Waals surface area contributed by atoms with E-state index in [2.05, 4.69) is 5.10 Å². The molecule has 7 nitrogen and oxygen atoms in total. The molecule has 2 aromatic rings. The Labute approximate surface area is 201 Å². The maximum Gasteiger partial charge on any atom is 0.416 e. The lowest BCUT2D eigenvalue weighted by Gasteiger charge is -2.39. The van der Waals surface area contributed by atoms with Gasteiger partial charge in [0.1, 0.15) is 0 Å². The Morgan fingerprint density at radius 1 is 1.12 bits per heavy atom. The number of hydrogen-bond acceptors (Lipinski definition) is 4. The van der Waals surface area contributed by atoms with Crippen molar-refractivity contribution in [2.75, 3.05) is 26.2 Å². The quantitative estimate of drug-likeness (QED) is 0.667. The summed E-state index contributed by atoms with van der Waals surface area (Å²) >= 11 is 5.95. The normalized spacial score (nSPS) is 18.0. The highest BCUT2D eigenvalue weighted by atomic mass is 35.5. The summed E-state index contributed by atoms with van der Waals surface area (Å²) in [4.78, 5) is 27.5. The number of carbonyl (C=O) groups is 2. The molecule has 2 aliphatic rings. The van der Waals surface area contributed by atoms with Crippen molar-refractivity contribution in [2.24, 2.45) is 11.1 Å². The average molecular weight is 500 g/mol. The first kappa shape index (κ1) is 26.0. The number of halogens is 4. The van der Waals surface area contributed by atoms with Gasteiger partial charge in [-0.3, -0.25) is 9.69 Å². The molecule has 2 N–H and O–H groups in total. The number of nitrogens with two attached hydrogens (primary N) is 1. The molecule has 0 bridgehead atoms. The van der Waals surface area contributed by atoms with E-state index < -0.39 is 17.6 Å². The summed E-state index contributed by atoms with van der Waals surface area (Å²) in [6, 6.07) is 4.76. The maximum atomic E-state index is 13.4. The molecule has 2 amide bonds. The third kappa shape index (κ3) is 5.72. The highest BCUT2D eigenvalue weighted by molar-refractivity contribution is 6.30. The summed E-state index contributed by atoms with van der Waals surface area (Å²) in [5.41, 5.74) is 4.70. The molecule has 2 saturated heterocycles. The molecule has 1 aromatic carbocycles. The number of piperidine rings is 1. The highest BCUT2D eigenvalue weighted by Crippen LogP contribution is 2.42. The minimum absolute atomic E-state index is 0.0255. The van der Waals surface area contributed by atoms with Crippen molar-refractivity contribution < 1.29 is 22.8 Å². The number of nitrogens with zero attached hydrogens (tertiary/aromatic N) is 4. The lowest BCUT2D eigenvalue weighted by Crippen LogP contribution is -2.45. The second-order valence-corrected chi connectivity index (χ2v) is 8.98. The Morgan fingerprint density at radius 2 is 1.76 bits per heavy atom. The van der Waals surface area contributed by atoms with Gasteiger partial charge in [0, 0.05) is 37.4 Å². The van der Waals surface area contributed by atoms with Gasteiger partial charge in [0.15, 0.2) is 5.69 Å². The van der Waals surface area contributed by atoms with Crippen molar-refractivity contribution in [2.45, 2.75) is 45.8 Å². The second-order valence-electron chi connectivity index (χ2n) is 8.54. The number of rotatable bonds is 3. The van der Waals surface area contributed by atoms with Gasteiger partial charge >= 0.3 is 12.2 Å². The number of likely N-dealkylation sites (tertiary alicyclic amines) is 2. The second kappa shape index (κ2) is 10.4. The molecule has 34 heavy (non-hydrogen) atoms. The van der Waals surface area contributed by atoms with Crippen LogP contribution in [0.15, 0.2) is 30.5 Å². The van der Waals surface area contributed by atoms with Crippen molar-refractivity contribution in [3.8, 4) is 0 Å². The molecular weight excluding hydrogens is 471 g/mol. The van der Waals surface area contributed by atoms with E-state index in [1.165, 1.54) is 24.4 Å². The minimum Gasteiger partial charge on any atom is -0.364 e. The van der Waals surface area contributed by atoms with Crippen LogP contribution in [-0.2, 0) is 12.7 Å². The molecule has 0 atom stereocenters. The van der Waals surface area contributed by atoms with Gasteiger partial charge in [0.2, 0.25) is 0 Å². The topological polar surface area (TPSA) is 84.5 Å². The molecule has 186 valence electrons. The predicted octanol–water partition coefficient (Wildman–Crippen LogP) is 4.64. The number of aromatic nitrogens is 2. The van der Waals surface area contributed by atoms with Crippen LogP contribution in [0.25, 0.3) is 0 Å². The molecule has 0 aliphatic carbocycles. The summed E-state index contributed by atoms with van der Waals surface area (Å²) in [5.74, 6) is -0.700. The van der Waals surface area contributed by atoms with Crippen LogP contribution in [0, 0.1) is 5.41 Å². The van der Waals surface area contributed by atoms with E-state index in [1.807, 2.05) is 18.7 Å². The minimum atomic E-state index is -4.43. The molecule has 2 aliphatic heterocycles. The van der Waals surface area contributed by atoms with E-state index in [9.17, 15) is 22.8 Å². The summed E-state index contributed by atoms with van der Waals surface area (Å²) in [6.45, 7) is 6.58. The van der Waals surface area contributed by atoms with E-state index in [0.717, 1.165) is 30.0 Å². The predicted molar refractivity (Wildman–Crippen MR) is 122 cm³/mol. The fraction of sp³-hybridized carbons (Fsp3) is 0.522. The molecule has 11 heteroatoms. The smallest absolute Gasteiger partial charge is 0.364 e. The van der Waals surface area contributed by atoms with Crippen molar-refractivity contribution in [1.29, 1.82) is 0 Å². The Hall–Kier alpha value is -2.59. The van der Waals surface area contributed by atoms with Gasteiger partial charge in [-0.1, -0.05) is 25.4 Å². The molecule has 2 fully saturated rings. The van der Waals surface area contributed by atoms with E-state index in [-0.39, 0.29) is 34.3 Å². The Kier molecular flexibility index (Phi) is 7.92. The van der Waals surface area contributed by atoms with Crippen LogP contribution in [0.2, 0.25) is 5.02 Å². The average Bonchev–Trinajstić information content (AvgIpc) is 3.43. The fourth-order valence-corrected chi connectivity index (χ4v) is 4.86. The van der Waals surface area contributed by atoms with Crippen LogP contribution in [0.4, 0.5) is 18.0 Å². The van der Waals surface area contributed by atoms with Crippen LogP contribution in [0.1, 0.15) is 54.7 Å². The molecular formula is C23H29ClF3N5O2. The zero-order chi connectivity index (χ0) is 25.1. The van der Waals surface area contributed by atoms with Gasteiger partial charge in [-0.05, 0) is 61.1 Å². The van der Waals surface area contributed by atoms with Gasteiger partial charge in [-0.15, -0.1) is 0 Å². The third-order valence-corrected chi connectivity index (χ3v) is 6.65. The van der Waals surface area contributed by atoms with Crippen molar-refractivity contribution in [3.05, 3.63) is 52.3 Å². The number of hydrogen-bond donors (Lipinski definition) is 1. The van der Waals surface area contributed by atoms with Gasteiger partial charge in [0.25, 0.3) is 5.91 Å². The monoisotopic (exact) mass is 499 g/mol. The summed E-state index contributed by atoms with van der Waals surface area (Å²) in [5, 5.41) is 4.19. The van der Waals surface area contributed by atoms with Crippen LogP contribution in [0.5, 0.6) is 0 Å². The first-order valence-electron chi connectivity index (χ1n) is 11.3. The summed E-state index contributed by atoms with van der Waals surface area (Å²) < 4.78 is 41.2. The Bertz CT molecular complexity index is 1030. The van der Waals surface area contributed by atoms with Gasteiger partial charge in [-0.2, -0.15) is 23.0 Å². The van der Waals surface area contributed by atoms with E-state index >= 15 is 0 Å². The van der Waals surface area contributed by atoms with Gasteiger partial charge in [0.05, 0.1) is 5.56 Å². The summed E-state index contributed by atoms with van der Waals surface area (Å²) in [6.07, 6.45) is -0.649. The first-order valence-corrected chi connectivity index (χ1v) is 11.7. The van der Waals surface area contributed by atoms with Crippen molar-refractivity contribution in [3.63, 3.8) is 0 Å². The molecule has 3 heterocycles. The van der Waals surface area contributed by atoms with E-state index in [0.29, 0.717) is 26.2 Å². The first-order chi connectivity index (χ1) is 16.1. The van der Waals surface area contributed by atoms with Crippen molar-refractivity contribution >= 4 is 23.5 Å². The molecule has 0 radical (unpaired) electrons. The Balaban J connectivity index is 0.00000158. The fourth-order valence-electron chi connectivity index (χ4n) is 4.66. The molecule has 0 saturated carbocycles. The third-order valence-electron chi connectivity index (χ3n) is 6.42. The maximum absolute atomic E-state index is 13.4. The number of carbonyl (C=O) groups excluding carboxylic acids is 2. The van der Waals surface area contributed by atoms with Gasteiger partial charge < -0.3 is 10.6 Å². The zero-order valence-corrected chi connectivity index (χ0v) is 20.0. The molecule has 1 spiro atoms. The number of primary amides is 1. The highest BCUT2D eigenvalue weighted by Gasteiger charge is 2.42. The summed E-state index contributed by atoms with van der Waals surface area (Å²) in [7, 11) is 0.